The molecule has 3 N–H and O–H groups in total. The van der Waals surface area contributed by atoms with Gasteiger partial charge < -0.3 is 14.8 Å². The highest BCUT2D eigenvalue weighted by Crippen LogP contribution is 2.20. The number of fused-ring (bicyclic) bond motifs is 1. The molecule has 2 amide bonds. The molecular weight excluding hydrogens is 518 g/mol. The van der Waals surface area contributed by atoms with Gasteiger partial charge in [-0.15, -0.1) is 0 Å². The molecule has 40 heavy (non-hydrogen) atoms. The molecule has 0 saturated heterocycles. The topological polar surface area (TPSA) is 169 Å². The zero-order chi connectivity index (χ0) is 29.2. The predicted molar refractivity (Wildman–Crippen MR) is 148 cm³/mol. The number of H-pyrrole nitrogens is 1. The molecule has 1 atom stereocenters. The van der Waals surface area contributed by atoms with E-state index in [2.05, 4.69) is 25.6 Å². The summed E-state index contributed by atoms with van der Waals surface area (Å²) < 4.78 is 9.93. The fraction of sp³-hybridized carbons (Fsp3) is 0.321. The number of amides is 2. The number of allylic oxidation sites excluding steroid dienone is 1. The van der Waals surface area contributed by atoms with Crippen LogP contribution < -0.4 is 16.2 Å². The van der Waals surface area contributed by atoms with Crippen LogP contribution in [0, 0.1) is 0 Å². The molecular formula is C28H31N5O7. The van der Waals surface area contributed by atoms with E-state index in [0.29, 0.717) is 11.1 Å². The van der Waals surface area contributed by atoms with Crippen LogP contribution in [0.5, 0.6) is 0 Å². The van der Waals surface area contributed by atoms with Crippen LogP contribution in [-0.2, 0) is 23.9 Å². The standard InChI is InChI=1S/C28H31N5O7/c1-5-39-23(35)12-11-22(27(38)40-6-2)31-25(36)20-9-7-19(8-10-20)16(3)13-18-14-21-24(29-15-18)32-28(30-17(4)34)33-26(21)37/h7-10,13-15,22H,5-6,11-12H2,1-4H3,(H,31,36)(H2,29,30,32,33,34,37)/t22-/m1/s1. The number of aromatic nitrogens is 3. The molecule has 12 nitrogen and oxygen atoms in total. The van der Waals surface area contributed by atoms with E-state index in [1.165, 1.54) is 6.92 Å². The summed E-state index contributed by atoms with van der Waals surface area (Å²) >= 11 is 0. The van der Waals surface area contributed by atoms with Crippen LogP contribution in [0.15, 0.2) is 41.3 Å². The van der Waals surface area contributed by atoms with Gasteiger partial charge in [-0.1, -0.05) is 12.1 Å². The number of nitrogens with one attached hydrogen (secondary N) is 3. The maximum Gasteiger partial charge on any atom is 0.328 e. The van der Waals surface area contributed by atoms with Gasteiger partial charge in [-0.25, -0.2) is 9.78 Å². The highest BCUT2D eigenvalue weighted by atomic mass is 16.5. The summed E-state index contributed by atoms with van der Waals surface area (Å²) in [5.41, 5.74) is 2.39. The third-order valence-corrected chi connectivity index (χ3v) is 5.68. The Kier molecular flexibility index (Phi) is 10.2. The van der Waals surface area contributed by atoms with Gasteiger partial charge >= 0.3 is 11.9 Å². The lowest BCUT2D eigenvalue weighted by Crippen LogP contribution is -2.42. The number of aromatic amines is 1. The lowest BCUT2D eigenvalue weighted by Gasteiger charge is -2.17. The van der Waals surface area contributed by atoms with Gasteiger partial charge in [0.25, 0.3) is 11.5 Å². The van der Waals surface area contributed by atoms with Gasteiger partial charge in [0.2, 0.25) is 11.9 Å². The second kappa shape index (κ2) is 13.8. The van der Waals surface area contributed by atoms with Crippen molar-refractivity contribution in [1.82, 2.24) is 20.3 Å². The molecule has 0 spiro atoms. The zero-order valence-corrected chi connectivity index (χ0v) is 22.7. The summed E-state index contributed by atoms with van der Waals surface area (Å²) in [6.45, 7) is 6.88. The van der Waals surface area contributed by atoms with Crippen LogP contribution in [0.4, 0.5) is 5.95 Å². The number of pyridine rings is 1. The molecule has 2 aromatic heterocycles. The molecule has 3 aromatic rings. The molecule has 0 bridgehead atoms. The number of nitrogens with zero attached hydrogens (tertiary/aromatic N) is 2. The number of ether oxygens (including phenoxy) is 2. The molecule has 0 aliphatic heterocycles. The first-order valence-electron chi connectivity index (χ1n) is 12.7. The Morgan fingerprint density at radius 3 is 2.35 bits per heavy atom. The van der Waals surface area contributed by atoms with Crippen molar-refractivity contribution in [2.45, 2.75) is 46.6 Å². The number of benzene rings is 1. The van der Waals surface area contributed by atoms with Crippen molar-refractivity contribution in [3.8, 4) is 0 Å². The fourth-order valence-corrected chi connectivity index (χ4v) is 3.79. The van der Waals surface area contributed by atoms with E-state index in [0.717, 1.165) is 11.1 Å². The van der Waals surface area contributed by atoms with Crippen molar-refractivity contribution in [3.63, 3.8) is 0 Å². The third-order valence-electron chi connectivity index (χ3n) is 5.68. The van der Waals surface area contributed by atoms with Crippen LogP contribution >= 0.6 is 0 Å². The quantitative estimate of drug-likeness (QED) is 0.304. The largest absolute Gasteiger partial charge is 0.466 e. The average molecular weight is 550 g/mol. The maximum atomic E-state index is 12.8. The predicted octanol–water partition coefficient (Wildman–Crippen LogP) is 2.84. The summed E-state index contributed by atoms with van der Waals surface area (Å²) in [7, 11) is 0. The van der Waals surface area contributed by atoms with Crippen LogP contribution in [0.2, 0.25) is 0 Å². The first-order valence-corrected chi connectivity index (χ1v) is 12.7. The van der Waals surface area contributed by atoms with Gasteiger partial charge in [0.05, 0.1) is 18.6 Å². The molecule has 0 radical (unpaired) electrons. The smallest absolute Gasteiger partial charge is 0.328 e. The van der Waals surface area contributed by atoms with Crippen molar-refractivity contribution < 1.29 is 28.7 Å². The summed E-state index contributed by atoms with van der Waals surface area (Å²) in [5, 5.41) is 5.33. The fourth-order valence-electron chi connectivity index (χ4n) is 3.79. The van der Waals surface area contributed by atoms with E-state index in [-0.39, 0.29) is 48.9 Å². The molecule has 12 heteroatoms. The SMILES string of the molecule is CCOC(=O)CC[C@@H](NC(=O)c1ccc(C(C)=Cc2cnc3nc(NC(C)=O)[nH]c(=O)c3c2)cc1)C(=O)OCC. The summed E-state index contributed by atoms with van der Waals surface area (Å²) in [5.74, 6) is -1.92. The number of carbonyl (C=O) groups excluding carboxylic acids is 4. The number of rotatable bonds is 11. The highest BCUT2D eigenvalue weighted by Gasteiger charge is 2.24. The molecule has 0 aliphatic carbocycles. The number of anilines is 1. The molecule has 210 valence electrons. The number of carbonyl (C=O) groups is 4. The molecule has 1 aromatic carbocycles. The Bertz CT molecular complexity index is 1500. The minimum atomic E-state index is -0.995. The molecule has 0 fully saturated rings. The number of hydrogen-bond acceptors (Lipinski definition) is 9. The van der Waals surface area contributed by atoms with E-state index in [1.54, 1.807) is 50.4 Å². The van der Waals surface area contributed by atoms with Gasteiger partial charge in [-0.3, -0.25) is 29.5 Å². The summed E-state index contributed by atoms with van der Waals surface area (Å²) in [6, 6.07) is 7.38. The second-order valence-electron chi connectivity index (χ2n) is 8.76. The highest BCUT2D eigenvalue weighted by molar-refractivity contribution is 5.97. The van der Waals surface area contributed by atoms with Gasteiger partial charge in [0.15, 0.2) is 5.65 Å². The van der Waals surface area contributed by atoms with Crippen LogP contribution in [0.25, 0.3) is 22.7 Å². The Labute approximate surface area is 230 Å². The van der Waals surface area contributed by atoms with E-state index in [9.17, 15) is 24.0 Å². The van der Waals surface area contributed by atoms with Crippen LogP contribution in [0.1, 0.15) is 62.0 Å². The molecule has 0 saturated carbocycles. The van der Waals surface area contributed by atoms with Gasteiger partial charge in [-0.2, -0.15) is 4.98 Å². The third kappa shape index (κ3) is 8.06. The van der Waals surface area contributed by atoms with Crippen LogP contribution in [0.3, 0.4) is 0 Å². The summed E-state index contributed by atoms with van der Waals surface area (Å²) in [4.78, 5) is 71.4. The molecule has 3 rings (SSSR count). The van der Waals surface area contributed by atoms with E-state index in [1.807, 2.05) is 13.0 Å². The van der Waals surface area contributed by atoms with E-state index in [4.69, 9.17) is 9.47 Å². The number of hydrogen-bond donors (Lipinski definition) is 3. The maximum absolute atomic E-state index is 12.8. The van der Waals surface area contributed by atoms with Crippen molar-refractivity contribution in [3.05, 3.63) is 63.6 Å². The average Bonchev–Trinajstić information content (AvgIpc) is 2.91. The monoisotopic (exact) mass is 549 g/mol. The minimum Gasteiger partial charge on any atom is -0.466 e. The summed E-state index contributed by atoms with van der Waals surface area (Å²) in [6.07, 6.45) is 3.40. The van der Waals surface area contributed by atoms with Gasteiger partial charge in [-0.05, 0) is 68.2 Å². The molecule has 2 heterocycles. The van der Waals surface area contributed by atoms with Crippen molar-refractivity contribution in [2.24, 2.45) is 0 Å². The first-order chi connectivity index (χ1) is 19.1. The zero-order valence-electron chi connectivity index (χ0n) is 22.7. The van der Waals surface area contributed by atoms with E-state index >= 15 is 0 Å². The lowest BCUT2D eigenvalue weighted by atomic mass is 10.0. The Morgan fingerprint density at radius 1 is 1.02 bits per heavy atom. The molecule has 0 unspecified atom stereocenters. The first kappa shape index (κ1) is 29.7. The van der Waals surface area contributed by atoms with Gasteiger partial charge in [0, 0.05) is 25.1 Å². The number of esters is 2. The Hall–Kier alpha value is -4.87. The van der Waals surface area contributed by atoms with Crippen molar-refractivity contribution in [1.29, 1.82) is 0 Å². The van der Waals surface area contributed by atoms with Gasteiger partial charge in [0.1, 0.15) is 6.04 Å². The Morgan fingerprint density at radius 2 is 1.70 bits per heavy atom. The lowest BCUT2D eigenvalue weighted by molar-refractivity contribution is -0.146. The van der Waals surface area contributed by atoms with Crippen molar-refractivity contribution >= 4 is 52.4 Å². The van der Waals surface area contributed by atoms with E-state index < -0.39 is 29.4 Å². The second-order valence-corrected chi connectivity index (χ2v) is 8.76. The van der Waals surface area contributed by atoms with Crippen molar-refractivity contribution in [2.75, 3.05) is 18.5 Å². The normalized spacial score (nSPS) is 11.9. The molecule has 0 aliphatic rings. The van der Waals surface area contributed by atoms with Crippen LogP contribution in [-0.4, -0.2) is 58.0 Å². The Balaban J connectivity index is 1.74. The minimum absolute atomic E-state index is 0.0219.